The summed E-state index contributed by atoms with van der Waals surface area (Å²) in [6.07, 6.45) is 9.39. The molecule has 0 fully saturated rings. The Kier molecular flexibility index (Phi) is 4.81. The average Bonchev–Trinajstić information content (AvgIpc) is 2.35. The van der Waals surface area contributed by atoms with E-state index in [1.165, 1.54) is 0 Å². The normalized spacial score (nSPS) is 11.4. The van der Waals surface area contributed by atoms with Crippen LogP contribution in [0.1, 0.15) is 5.56 Å². The first kappa shape index (κ1) is 12.0. The molecule has 0 saturated carbocycles. The highest BCUT2D eigenvalue weighted by atomic mass is 14.0. The van der Waals surface area contributed by atoms with Gasteiger partial charge < -0.3 is 0 Å². The van der Waals surface area contributed by atoms with Crippen LogP contribution in [0.2, 0.25) is 0 Å². The molecular weight excluding hydrogens is 192 g/mol. The molecule has 0 heteroatoms. The first-order valence-electron chi connectivity index (χ1n) is 5.15. The van der Waals surface area contributed by atoms with Crippen molar-refractivity contribution in [3.63, 3.8) is 0 Å². The van der Waals surface area contributed by atoms with Crippen molar-refractivity contribution in [1.29, 1.82) is 0 Å². The van der Waals surface area contributed by atoms with Crippen molar-refractivity contribution in [3.8, 4) is 0 Å². The van der Waals surface area contributed by atoms with E-state index in [9.17, 15) is 0 Å². The Morgan fingerprint density at radius 1 is 1.00 bits per heavy atom. The van der Waals surface area contributed by atoms with Crippen LogP contribution in [0.25, 0.3) is 5.57 Å². The van der Waals surface area contributed by atoms with Crippen molar-refractivity contribution in [3.05, 3.63) is 91.6 Å². The van der Waals surface area contributed by atoms with Crippen LogP contribution in [0.15, 0.2) is 86.0 Å². The van der Waals surface area contributed by atoms with E-state index in [2.05, 4.69) is 19.7 Å². The molecule has 0 aromatic heterocycles. The molecule has 0 saturated heterocycles. The molecule has 0 amide bonds. The summed E-state index contributed by atoms with van der Waals surface area (Å²) >= 11 is 0. The largest absolute Gasteiger partial charge is 0.0990 e. The number of allylic oxidation sites excluding steroid dienone is 7. The molecule has 1 rings (SSSR count). The molecule has 0 bridgehead atoms. The lowest BCUT2D eigenvalue weighted by molar-refractivity contribution is 1.62. The Morgan fingerprint density at radius 2 is 1.69 bits per heavy atom. The number of rotatable bonds is 5. The maximum Gasteiger partial charge on any atom is -0.0190 e. The zero-order chi connectivity index (χ0) is 11.8. The Labute approximate surface area is 97.6 Å². The van der Waals surface area contributed by atoms with Crippen molar-refractivity contribution in [2.75, 3.05) is 0 Å². The Bertz CT molecular complexity index is 430. The van der Waals surface area contributed by atoms with E-state index in [1.807, 2.05) is 48.6 Å². The minimum atomic E-state index is 0.984. The smallest absolute Gasteiger partial charge is 0.0190 e. The Morgan fingerprint density at radius 3 is 2.25 bits per heavy atom. The summed E-state index contributed by atoms with van der Waals surface area (Å²) in [7, 11) is 0. The SMILES string of the molecule is C=C/C=C(C=C)/C=C\C(=C)c1ccccc1. The van der Waals surface area contributed by atoms with Gasteiger partial charge in [-0.3, -0.25) is 0 Å². The molecule has 0 aliphatic carbocycles. The lowest BCUT2D eigenvalue weighted by atomic mass is 10.1. The molecule has 1 aromatic rings. The zero-order valence-corrected chi connectivity index (χ0v) is 9.39. The molecule has 0 N–H and O–H groups in total. The van der Waals surface area contributed by atoms with E-state index < -0.39 is 0 Å². The van der Waals surface area contributed by atoms with E-state index in [-0.39, 0.29) is 0 Å². The van der Waals surface area contributed by atoms with E-state index >= 15 is 0 Å². The van der Waals surface area contributed by atoms with Crippen molar-refractivity contribution in [1.82, 2.24) is 0 Å². The van der Waals surface area contributed by atoms with Crippen LogP contribution in [0, 0.1) is 0 Å². The second kappa shape index (κ2) is 6.41. The number of hydrogen-bond donors (Lipinski definition) is 0. The van der Waals surface area contributed by atoms with Gasteiger partial charge in [0, 0.05) is 0 Å². The van der Waals surface area contributed by atoms with E-state index in [0.717, 1.165) is 16.7 Å². The Balaban J connectivity index is 2.79. The maximum atomic E-state index is 4.02. The minimum Gasteiger partial charge on any atom is -0.0990 e. The topological polar surface area (TPSA) is 0 Å². The van der Waals surface area contributed by atoms with Crippen LogP contribution in [0.4, 0.5) is 0 Å². The molecular formula is C16H16. The fourth-order valence-electron chi connectivity index (χ4n) is 1.27. The molecule has 16 heavy (non-hydrogen) atoms. The second-order valence-corrected chi connectivity index (χ2v) is 3.33. The van der Waals surface area contributed by atoms with Crippen molar-refractivity contribution < 1.29 is 0 Å². The summed E-state index contributed by atoms with van der Waals surface area (Å²) in [4.78, 5) is 0. The summed E-state index contributed by atoms with van der Waals surface area (Å²) in [5.41, 5.74) is 3.13. The molecule has 0 nitrogen and oxygen atoms in total. The van der Waals surface area contributed by atoms with Gasteiger partial charge in [0.15, 0.2) is 0 Å². The van der Waals surface area contributed by atoms with Crippen molar-refractivity contribution in [2.45, 2.75) is 0 Å². The van der Waals surface area contributed by atoms with Crippen LogP contribution in [0.3, 0.4) is 0 Å². The second-order valence-electron chi connectivity index (χ2n) is 3.33. The van der Waals surface area contributed by atoms with Crippen LogP contribution in [-0.2, 0) is 0 Å². The monoisotopic (exact) mass is 208 g/mol. The molecule has 80 valence electrons. The Hall–Kier alpha value is -2.08. The van der Waals surface area contributed by atoms with Crippen LogP contribution in [-0.4, -0.2) is 0 Å². The average molecular weight is 208 g/mol. The quantitative estimate of drug-likeness (QED) is 0.622. The van der Waals surface area contributed by atoms with Gasteiger partial charge in [-0.05, 0) is 16.7 Å². The third-order valence-corrected chi connectivity index (χ3v) is 2.17. The molecule has 0 unspecified atom stereocenters. The lowest BCUT2D eigenvalue weighted by Crippen LogP contribution is -1.77. The van der Waals surface area contributed by atoms with Crippen LogP contribution >= 0.6 is 0 Å². The van der Waals surface area contributed by atoms with Crippen LogP contribution < -0.4 is 0 Å². The third-order valence-electron chi connectivity index (χ3n) is 2.17. The van der Waals surface area contributed by atoms with Crippen LogP contribution in [0.5, 0.6) is 0 Å². The predicted octanol–water partition coefficient (Wildman–Crippen LogP) is 4.55. The fraction of sp³-hybridized carbons (Fsp3) is 0. The first-order valence-corrected chi connectivity index (χ1v) is 5.15. The maximum absolute atomic E-state index is 4.02. The van der Waals surface area contributed by atoms with Crippen molar-refractivity contribution in [2.24, 2.45) is 0 Å². The number of hydrogen-bond acceptors (Lipinski definition) is 0. The molecule has 0 aliphatic rings. The van der Waals surface area contributed by atoms with Gasteiger partial charge in [0.2, 0.25) is 0 Å². The van der Waals surface area contributed by atoms with E-state index in [0.29, 0.717) is 0 Å². The lowest BCUT2D eigenvalue weighted by Gasteiger charge is -1.99. The van der Waals surface area contributed by atoms with Gasteiger partial charge in [-0.15, -0.1) is 0 Å². The van der Waals surface area contributed by atoms with Gasteiger partial charge in [0.05, 0.1) is 0 Å². The molecule has 0 spiro atoms. The highest BCUT2D eigenvalue weighted by molar-refractivity contribution is 5.72. The molecule has 0 aliphatic heterocycles. The highest BCUT2D eigenvalue weighted by Crippen LogP contribution is 2.14. The highest BCUT2D eigenvalue weighted by Gasteiger charge is 1.92. The molecule has 0 heterocycles. The zero-order valence-electron chi connectivity index (χ0n) is 9.39. The summed E-state index contributed by atoms with van der Waals surface area (Å²) in [5.74, 6) is 0. The van der Waals surface area contributed by atoms with Gasteiger partial charge >= 0.3 is 0 Å². The van der Waals surface area contributed by atoms with Gasteiger partial charge in [0.25, 0.3) is 0 Å². The minimum absolute atomic E-state index is 0.984. The number of benzene rings is 1. The summed E-state index contributed by atoms with van der Waals surface area (Å²) in [5, 5.41) is 0. The molecule has 0 atom stereocenters. The van der Waals surface area contributed by atoms with E-state index in [1.54, 1.807) is 12.2 Å². The predicted molar refractivity (Wildman–Crippen MR) is 73.1 cm³/mol. The van der Waals surface area contributed by atoms with Crippen molar-refractivity contribution >= 4 is 5.57 Å². The van der Waals surface area contributed by atoms with E-state index in [4.69, 9.17) is 0 Å². The van der Waals surface area contributed by atoms with Gasteiger partial charge in [-0.2, -0.15) is 0 Å². The first-order chi connectivity index (χ1) is 7.77. The van der Waals surface area contributed by atoms with Gasteiger partial charge in [-0.25, -0.2) is 0 Å². The fourth-order valence-corrected chi connectivity index (χ4v) is 1.27. The van der Waals surface area contributed by atoms with Gasteiger partial charge in [-0.1, -0.05) is 80.4 Å². The summed E-state index contributed by atoms with van der Waals surface area (Å²) < 4.78 is 0. The standard InChI is InChI=1S/C16H16/c1-4-9-15(5-2)13-12-14(3)16-10-7-6-8-11-16/h4-13H,1-3H2/b13-12-,15-9+. The molecule has 0 radical (unpaired) electrons. The molecule has 1 aromatic carbocycles. The summed E-state index contributed by atoms with van der Waals surface area (Å²) in [6, 6.07) is 10.1. The van der Waals surface area contributed by atoms with Gasteiger partial charge in [0.1, 0.15) is 0 Å². The summed E-state index contributed by atoms with van der Waals surface area (Å²) in [6.45, 7) is 11.4. The third kappa shape index (κ3) is 3.58.